The van der Waals surface area contributed by atoms with Gasteiger partial charge in [-0.3, -0.25) is 18.9 Å². The fourth-order valence-electron chi connectivity index (χ4n) is 3.66. The van der Waals surface area contributed by atoms with Crippen LogP contribution in [0.2, 0.25) is 0 Å². The number of nitrogens with zero attached hydrogens (tertiary/aromatic N) is 5. The van der Waals surface area contributed by atoms with Gasteiger partial charge in [-0.05, 0) is 26.0 Å². The Labute approximate surface area is 217 Å². The normalized spacial score (nSPS) is 14.1. The lowest BCUT2D eigenvalue weighted by molar-refractivity contribution is -0.146. The second kappa shape index (κ2) is 11.8. The van der Waals surface area contributed by atoms with Crippen LogP contribution >= 0.6 is 7.60 Å². The number of anilines is 1. The molecule has 2 aromatic heterocycles. The molecule has 0 bridgehead atoms. The molecule has 0 saturated carbocycles. The summed E-state index contributed by atoms with van der Waals surface area (Å²) in [5.74, 6) is -1.58. The van der Waals surface area contributed by atoms with Gasteiger partial charge >= 0.3 is 13.6 Å². The molecule has 1 atom stereocenters. The number of rotatable bonds is 13. The highest BCUT2D eigenvalue weighted by atomic mass is 31.2. The predicted molar refractivity (Wildman–Crippen MR) is 132 cm³/mol. The van der Waals surface area contributed by atoms with E-state index in [1.54, 1.807) is 38.1 Å². The maximum atomic E-state index is 12.9. The van der Waals surface area contributed by atoms with E-state index in [1.807, 2.05) is 0 Å². The average Bonchev–Trinajstić information content (AvgIpc) is 3.42. The number of fused-ring (bicyclic) bond motifs is 2. The number of carbonyl (C=O) groups excluding carboxylic acids is 3. The molecule has 38 heavy (non-hydrogen) atoms. The van der Waals surface area contributed by atoms with E-state index in [2.05, 4.69) is 15.0 Å². The third kappa shape index (κ3) is 5.73. The highest BCUT2D eigenvalue weighted by Gasteiger charge is 2.38. The molecule has 1 unspecified atom stereocenters. The SMILES string of the molecule is CCOP(=O)(COC(COC(C)=O)COn1cnc2c(N3C(=O)c4ccccc4C3=O)ncnc21)OCC. The Balaban J connectivity index is 1.52. The van der Waals surface area contributed by atoms with Crippen molar-refractivity contribution >= 4 is 42.4 Å². The number of esters is 1. The van der Waals surface area contributed by atoms with Gasteiger partial charge in [0.05, 0.1) is 24.3 Å². The molecule has 1 aliphatic rings. The molecule has 1 aliphatic heterocycles. The van der Waals surface area contributed by atoms with Crippen molar-refractivity contribution in [1.82, 2.24) is 19.7 Å². The molecule has 0 saturated heterocycles. The standard InChI is InChI=1S/C23H26N5O9P/c1-4-36-38(32,37-5-2)14-34-16(10-33-15(3)29)11-35-27-13-26-19-20(27)24-12-25-21(19)28-22(30)17-8-6-7-9-18(17)23(28)31/h6-9,12-13,16H,4-5,10-11,14H2,1-3H3. The Morgan fingerprint density at radius 2 is 1.66 bits per heavy atom. The molecule has 3 aromatic rings. The number of imidazole rings is 1. The Kier molecular flexibility index (Phi) is 8.47. The van der Waals surface area contributed by atoms with Crippen molar-refractivity contribution in [3.05, 3.63) is 48.0 Å². The van der Waals surface area contributed by atoms with Gasteiger partial charge in [0.25, 0.3) is 11.8 Å². The van der Waals surface area contributed by atoms with Gasteiger partial charge in [0, 0.05) is 6.92 Å². The second-order valence-corrected chi connectivity index (χ2v) is 9.89. The monoisotopic (exact) mass is 547 g/mol. The molecule has 0 N–H and O–H groups in total. The molecule has 15 heteroatoms. The summed E-state index contributed by atoms with van der Waals surface area (Å²) in [6, 6.07) is 6.47. The first-order valence-corrected chi connectivity index (χ1v) is 13.4. The van der Waals surface area contributed by atoms with Gasteiger partial charge in [-0.25, -0.2) is 19.9 Å². The fraction of sp³-hybridized carbons (Fsp3) is 0.391. The van der Waals surface area contributed by atoms with Crippen molar-refractivity contribution < 1.29 is 42.3 Å². The van der Waals surface area contributed by atoms with Gasteiger partial charge in [0.15, 0.2) is 11.3 Å². The Morgan fingerprint density at radius 3 is 2.26 bits per heavy atom. The number of hydrogen-bond donors (Lipinski definition) is 0. The summed E-state index contributed by atoms with van der Waals surface area (Å²) in [5, 5.41) is 0. The van der Waals surface area contributed by atoms with Gasteiger partial charge in [0.2, 0.25) is 5.65 Å². The number of amides is 2. The minimum atomic E-state index is -3.53. The first kappa shape index (κ1) is 27.3. The predicted octanol–water partition coefficient (Wildman–Crippen LogP) is 2.23. The van der Waals surface area contributed by atoms with Crippen molar-refractivity contribution in [2.75, 3.05) is 37.7 Å². The third-order valence-corrected chi connectivity index (χ3v) is 7.05. The lowest BCUT2D eigenvalue weighted by Gasteiger charge is -2.22. The molecule has 0 aliphatic carbocycles. The van der Waals surface area contributed by atoms with Crippen LogP contribution in [0.3, 0.4) is 0 Å². The molecule has 4 rings (SSSR count). The summed E-state index contributed by atoms with van der Waals surface area (Å²) in [5.41, 5.74) is 0.854. The molecule has 0 spiro atoms. The Hall–Kier alpha value is -3.71. The number of benzene rings is 1. The van der Waals surface area contributed by atoms with Crippen LogP contribution in [-0.2, 0) is 27.9 Å². The van der Waals surface area contributed by atoms with Crippen LogP contribution in [0.1, 0.15) is 41.5 Å². The minimum absolute atomic E-state index is 0.00521. The zero-order valence-corrected chi connectivity index (χ0v) is 21.8. The van der Waals surface area contributed by atoms with Crippen LogP contribution in [0.15, 0.2) is 36.9 Å². The van der Waals surface area contributed by atoms with E-state index in [1.165, 1.54) is 24.3 Å². The van der Waals surface area contributed by atoms with Crippen LogP contribution in [0, 0.1) is 0 Å². The molecule has 14 nitrogen and oxygen atoms in total. The quantitative estimate of drug-likeness (QED) is 0.175. The minimum Gasteiger partial charge on any atom is -0.463 e. The number of imide groups is 1. The van der Waals surface area contributed by atoms with Crippen LogP contribution < -0.4 is 9.74 Å². The lowest BCUT2D eigenvalue weighted by atomic mass is 10.1. The maximum Gasteiger partial charge on any atom is 0.356 e. The van der Waals surface area contributed by atoms with E-state index in [9.17, 15) is 18.9 Å². The molecule has 0 radical (unpaired) electrons. The van der Waals surface area contributed by atoms with Gasteiger partial charge in [0.1, 0.15) is 38.3 Å². The van der Waals surface area contributed by atoms with Crippen LogP contribution in [0.4, 0.5) is 5.82 Å². The number of carbonyl (C=O) groups is 3. The Morgan fingerprint density at radius 1 is 1.00 bits per heavy atom. The summed E-state index contributed by atoms with van der Waals surface area (Å²) in [7, 11) is -3.53. The van der Waals surface area contributed by atoms with Gasteiger partial charge < -0.3 is 23.4 Å². The van der Waals surface area contributed by atoms with Crippen LogP contribution in [-0.4, -0.2) is 76.3 Å². The average molecular weight is 547 g/mol. The van der Waals surface area contributed by atoms with Crippen molar-refractivity contribution in [3.8, 4) is 0 Å². The highest BCUT2D eigenvalue weighted by Crippen LogP contribution is 2.48. The lowest BCUT2D eigenvalue weighted by Crippen LogP contribution is -2.32. The van der Waals surface area contributed by atoms with Crippen LogP contribution in [0.25, 0.3) is 11.2 Å². The molecular formula is C23H26N5O9P. The molecule has 3 heterocycles. The third-order valence-electron chi connectivity index (χ3n) is 5.28. The number of hydrogen-bond acceptors (Lipinski definition) is 12. The van der Waals surface area contributed by atoms with Crippen molar-refractivity contribution in [2.45, 2.75) is 26.9 Å². The van der Waals surface area contributed by atoms with E-state index in [-0.39, 0.29) is 60.9 Å². The molecule has 2 amide bonds. The Bertz CT molecular complexity index is 1350. The summed E-state index contributed by atoms with van der Waals surface area (Å²) in [6.45, 7) is 4.52. The second-order valence-electron chi connectivity index (χ2n) is 7.89. The van der Waals surface area contributed by atoms with Crippen molar-refractivity contribution in [3.63, 3.8) is 0 Å². The topological polar surface area (TPSA) is 161 Å². The van der Waals surface area contributed by atoms with Gasteiger partial charge in [-0.15, -0.1) is 0 Å². The molecule has 202 valence electrons. The van der Waals surface area contributed by atoms with Gasteiger partial charge in [-0.1, -0.05) is 12.1 Å². The smallest absolute Gasteiger partial charge is 0.356 e. The largest absolute Gasteiger partial charge is 0.463 e. The van der Waals surface area contributed by atoms with Crippen molar-refractivity contribution in [2.24, 2.45) is 0 Å². The van der Waals surface area contributed by atoms with Crippen LogP contribution in [0.5, 0.6) is 0 Å². The number of aromatic nitrogens is 4. The molecule has 1 aromatic carbocycles. The molecule has 0 fully saturated rings. The fourth-order valence-corrected chi connectivity index (χ4v) is 5.07. The van der Waals surface area contributed by atoms with Crippen molar-refractivity contribution in [1.29, 1.82) is 0 Å². The zero-order chi connectivity index (χ0) is 27.3. The molecular weight excluding hydrogens is 521 g/mol. The maximum absolute atomic E-state index is 12.9. The van der Waals surface area contributed by atoms with E-state index in [4.69, 9.17) is 23.4 Å². The number of ether oxygens (including phenoxy) is 2. The van der Waals surface area contributed by atoms with Gasteiger partial charge in [-0.2, -0.15) is 4.73 Å². The summed E-state index contributed by atoms with van der Waals surface area (Å²) >= 11 is 0. The first-order valence-electron chi connectivity index (χ1n) is 11.7. The zero-order valence-electron chi connectivity index (χ0n) is 20.9. The summed E-state index contributed by atoms with van der Waals surface area (Å²) < 4.78 is 35.1. The highest BCUT2D eigenvalue weighted by molar-refractivity contribution is 7.53. The first-order chi connectivity index (χ1) is 18.3. The van der Waals surface area contributed by atoms with E-state index in [0.29, 0.717) is 0 Å². The van der Waals surface area contributed by atoms with E-state index >= 15 is 0 Å². The van der Waals surface area contributed by atoms with E-state index in [0.717, 1.165) is 4.90 Å². The summed E-state index contributed by atoms with van der Waals surface area (Å²) in [4.78, 5) is 56.4. The van der Waals surface area contributed by atoms with E-state index < -0.39 is 31.5 Å². The summed E-state index contributed by atoms with van der Waals surface area (Å²) in [6.07, 6.45) is 1.22.